The molecular weight excluding hydrogens is 238 g/mol. The molecule has 0 amide bonds. The molecule has 0 atom stereocenters. The molecule has 1 aromatic rings. The molecule has 0 spiro atoms. The molecule has 1 aliphatic rings. The van der Waals surface area contributed by atoms with Crippen LogP contribution in [0.3, 0.4) is 0 Å². The van der Waals surface area contributed by atoms with Gasteiger partial charge in [0.2, 0.25) is 10.0 Å². The van der Waals surface area contributed by atoms with Crippen LogP contribution in [0.2, 0.25) is 0 Å². The molecule has 17 heavy (non-hydrogen) atoms. The van der Waals surface area contributed by atoms with Crippen molar-refractivity contribution < 1.29 is 8.42 Å². The van der Waals surface area contributed by atoms with Gasteiger partial charge in [-0.05, 0) is 19.1 Å². The minimum atomic E-state index is -3.35. The van der Waals surface area contributed by atoms with Gasteiger partial charge in [0, 0.05) is 26.2 Å². The molecule has 0 aromatic heterocycles. The molecule has 2 N–H and O–H groups in total. The Kier molecular flexibility index (Phi) is 3.48. The number of aryl methyl sites for hydroxylation is 1. The van der Waals surface area contributed by atoms with Crippen LogP contribution in [-0.2, 0) is 10.0 Å². The summed E-state index contributed by atoms with van der Waals surface area (Å²) in [6, 6.07) is 6.93. The van der Waals surface area contributed by atoms with Gasteiger partial charge in [0.1, 0.15) is 0 Å². The van der Waals surface area contributed by atoms with Crippen molar-refractivity contribution >= 4 is 10.0 Å². The van der Waals surface area contributed by atoms with Gasteiger partial charge < -0.3 is 0 Å². The van der Waals surface area contributed by atoms with E-state index >= 15 is 0 Å². The fraction of sp³-hybridized carbons (Fsp3) is 0.455. The van der Waals surface area contributed by atoms with Crippen molar-refractivity contribution in [2.75, 3.05) is 26.2 Å². The summed E-state index contributed by atoms with van der Waals surface area (Å²) in [6.07, 6.45) is 0. The fourth-order valence-electron chi connectivity index (χ4n) is 1.80. The van der Waals surface area contributed by atoms with Crippen LogP contribution in [0.4, 0.5) is 0 Å². The van der Waals surface area contributed by atoms with Gasteiger partial charge in [0.15, 0.2) is 0 Å². The number of nitrogens with zero attached hydrogens (tertiary/aromatic N) is 2. The van der Waals surface area contributed by atoms with Crippen LogP contribution < -0.4 is 5.84 Å². The molecule has 1 saturated heterocycles. The number of sulfonamides is 1. The summed E-state index contributed by atoms with van der Waals surface area (Å²) < 4.78 is 26.0. The maximum atomic E-state index is 12.3. The highest BCUT2D eigenvalue weighted by molar-refractivity contribution is 7.89. The molecule has 0 radical (unpaired) electrons. The van der Waals surface area contributed by atoms with E-state index in [2.05, 4.69) is 0 Å². The van der Waals surface area contributed by atoms with E-state index in [-0.39, 0.29) is 0 Å². The van der Waals surface area contributed by atoms with Gasteiger partial charge >= 0.3 is 0 Å². The third kappa shape index (κ3) is 2.66. The van der Waals surface area contributed by atoms with E-state index in [1.165, 1.54) is 4.31 Å². The third-order valence-electron chi connectivity index (χ3n) is 2.93. The summed E-state index contributed by atoms with van der Waals surface area (Å²) in [5.74, 6) is 5.61. The Bertz CT molecular complexity index is 476. The molecule has 1 heterocycles. The van der Waals surface area contributed by atoms with Crippen LogP contribution in [0.5, 0.6) is 0 Å². The minimum absolute atomic E-state index is 0.355. The molecule has 2 rings (SSSR count). The molecule has 1 aromatic carbocycles. The van der Waals surface area contributed by atoms with Gasteiger partial charge in [-0.15, -0.1) is 0 Å². The number of hydrazine groups is 1. The van der Waals surface area contributed by atoms with Crippen molar-refractivity contribution in [1.29, 1.82) is 0 Å². The number of hydrogen-bond donors (Lipinski definition) is 1. The second-order valence-corrected chi connectivity index (χ2v) is 6.19. The molecule has 0 bridgehead atoms. The maximum absolute atomic E-state index is 12.3. The Labute approximate surface area is 102 Å². The monoisotopic (exact) mass is 255 g/mol. The van der Waals surface area contributed by atoms with Gasteiger partial charge in [-0.2, -0.15) is 4.31 Å². The first-order valence-corrected chi connectivity index (χ1v) is 7.00. The first-order chi connectivity index (χ1) is 8.00. The molecule has 6 heteroatoms. The second kappa shape index (κ2) is 4.73. The van der Waals surface area contributed by atoms with Crippen molar-refractivity contribution in [3.63, 3.8) is 0 Å². The minimum Gasteiger partial charge on any atom is -0.269 e. The Hall–Kier alpha value is -0.950. The number of benzene rings is 1. The van der Waals surface area contributed by atoms with Crippen molar-refractivity contribution in [3.05, 3.63) is 29.8 Å². The summed E-state index contributed by atoms with van der Waals surface area (Å²) in [4.78, 5) is 0.355. The molecular formula is C11H17N3O2S. The standard InChI is InChI=1S/C11H17N3O2S/c1-10-2-4-11(5-3-10)17(15,16)14-8-6-13(12)7-9-14/h2-5H,6-9,12H2,1H3. The van der Waals surface area contributed by atoms with Crippen molar-refractivity contribution in [3.8, 4) is 0 Å². The Morgan fingerprint density at radius 1 is 1.06 bits per heavy atom. The zero-order valence-electron chi connectivity index (χ0n) is 9.83. The first kappa shape index (κ1) is 12.5. The zero-order valence-corrected chi connectivity index (χ0v) is 10.7. The predicted molar refractivity (Wildman–Crippen MR) is 65.7 cm³/mol. The lowest BCUT2D eigenvalue weighted by atomic mass is 10.2. The Morgan fingerprint density at radius 2 is 1.59 bits per heavy atom. The highest BCUT2D eigenvalue weighted by Crippen LogP contribution is 2.17. The van der Waals surface area contributed by atoms with Gasteiger partial charge in [-0.25, -0.2) is 13.4 Å². The average molecular weight is 255 g/mol. The summed E-state index contributed by atoms with van der Waals surface area (Å²) in [5.41, 5.74) is 1.05. The average Bonchev–Trinajstić information content (AvgIpc) is 2.30. The summed E-state index contributed by atoms with van der Waals surface area (Å²) >= 11 is 0. The number of hydrogen-bond acceptors (Lipinski definition) is 4. The van der Waals surface area contributed by atoms with Gasteiger partial charge in [-0.1, -0.05) is 17.7 Å². The van der Waals surface area contributed by atoms with E-state index in [0.717, 1.165) is 5.56 Å². The van der Waals surface area contributed by atoms with Crippen LogP contribution in [0, 0.1) is 6.92 Å². The van der Waals surface area contributed by atoms with Crippen LogP contribution in [0.25, 0.3) is 0 Å². The Balaban J connectivity index is 2.21. The largest absolute Gasteiger partial charge is 0.269 e. The lowest BCUT2D eigenvalue weighted by molar-refractivity contribution is 0.192. The van der Waals surface area contributed by atoms with Crippen LogP contribution in [-0.4, -0.2) is 43.9 Å². The maximum Gasteiger partial charge on any atom is 0.243 e. The fourth-order valence-corrected chi connectivity index (χ4v) is 3.23. The van der Waals surface area contributed by atoms with E-state index in [1.54, 1.807) is 17.1 Å². The summed E-state index contributed by atoms with van der Waals surface area (Å²) in [5, 5.41) is 1.64. The molecule has 1 fully saturated rings. The van der Waals surface area contributed by atoms with Gasteiger partial charge in [0.25, 0.3) is 0 Å². The third-order valence-corrected chi connectivity index (χ3v) is 4.84. The molecule has 5 nitrogen and oxygen atoms in total. The van der Waals surface area contributed by atoms with E-state index < -0.39 is 10.0 Å². The first-order valence-electron chi connectivity index (χ1n) is 5.56. The smallest absolute Gasteiger partial charge is 0.243 e. The van der Waals surface area contributed by atoms with Crippen LogP contribution in [0.15, 0.2) is 29.2 Å². The van der Waals surface area contributed by atoms with E-state index in [0.29, 0.717) is 31.1 Å². The van der Waals surface area contributed by atoms with E-state index in [4.69, 9.17) is 5.84 Å². The lowest BCUT2D eigenvalue weighted by Gasteiger charge is -2.31. The second-order valence-electron chi connectivity index (χ2n) is 4.25. The van der Waals surface area contributed by atoms with Crippen molar-refractivity contribution in [2.24, 2.45) is 5.84 Å². The van der Waals surface area contributed by atoms with Gasteiger partial charge in [0.05, 0.1) is 4.90 Å². The summed E-state index contributed by atoms with van der Waals surface area (Å²) in [6.45, 7) is 3.99. The van der Waals surface area contributed by atoms with Crippen LogP contribution >= 0.6 is 0 Å². The number of piperazine rings is 1. The number of rotatable bonds is 2. The molecule has 0 unspecified atom stereocenters. The molecule has 0 aliphatic carbocycles. The highest BCUT2D eigenvalue weighted by Gasteiger charge is 2.27. The highest BCUT2D eigenvalue weighted by atomic mass is 32.2. The van der Waals surface area contributed by atoms with Gasteiger partial charge in [-0.3, -0.25) is 5.84 Å². The molecule has 0 saturated carbocycles. The Morgan fingerprint density at radius 3 is 2.12 bits per heavy atom. The predicted octanol–water partition coefficient (Wildman–Crippen LogP) is 0.175. The topological polar surface area (TPSA) is 66.6 Å². The van der Waals surface area contributed by atoms with E-state index in [9.17, 15) is 8.42 Å². The molecule has 1 aliphatic heterocycles. The lowest BCUT2D eigenvalue weighted by Crippen LogP contribution is -2.51. The quantitative estimate of drug-likeness (QED) is 0.765. The normalized spacial score (nSPS) is 19.4. The summed E-state index contributed by atoms with van der Waals surface area (Å²) in [7, 11) is -3.35. The van der Waals surface area contributed by atoms with Crippen LogP contribution in [0.1, 0.15) is 5.56 Å². The van der Waals surface area contributed by atoms with E-state index in [1.807, 2.05) is 19.1 Å². The van der Waals surface area contributed by atoms with Crippen molar-refractivity contribution in [1.82, 2.24) is 9.31 Å². The SMILES string of the molecule is Cc1ccc(S(=O)(=O)N2CCN(N)CC2)cc1. The van der Waals surface area contributed by atoms with Crippen molar-refractivity contribution in [2.45, 2.75) is 11.8 Å². The zero-order chi connectivity index (χ0) is 12.5. The number of nitrogens with two attached hydrogens (primary N) is 1. The molecule has 94 valence electrons.